The van der Waals surface area contributed by atoms with Crippen LogP contribution in [0.4, 0.5) is 5.69 Å². The van der Waals surface area contributed by atoms with E-state index in [-0.39, 0.29) is 0 Å². The standard InChI is InChI=1S/C18H25NO4/c1-13-8-14(20-7-5-16-11-22-16)2-3-18(13)19(9-17-12-23-17)6-4-15-10-21-15/h2-3,8,15-17H,4-7,9-12H2,1H3. The first-order chi connectivity index (χ1) is 11.3. The number of epoxide rings is 3. The molecule has 0 aliphatic carbocycles. The quantitative estimate of drug-likeness (QED) is 0.619. The van der Waals surface area contributed by atoms with Crippen LogP contribution in [0.1, 0.15) is 18.4 Å². The fourth-order valence-electron chi connectivity index (χ4n) is 2.88. The first kappa shape index (κ1) is 15.2. The van der Waals surface area contributed by atoms with Gasteiger partial charge in [-0.2, -0.15) is 0 Å². The summed E-state index contributed by atoms with van der Waals surface area (Å²) in [5.41, 5.74) is 2.53. The molecule has 3 atom stereocenters. The molecule has 0 radical (unpaired) electrons. The SMILES string of the molecule is Cc1cc(OCCC2CO2)ccc1N(CCC1CO1)CC1CO1. The van der Waals surface area contributed by atoms with Crippen molar-refractivity contribution in [2.24, 2.45) is 0 Å². The highest BCUT2D eigenvalue weighted by Gasteiger charge is 2.28. The molecule has 3 heterocycles. The van der Waals surface area contributed by atoms with Gasteiger partial charge in [0.05, 0.1) is 44.7 Å². The first-order valence-electron chi connectivity index (χ1n) is 8.61. The Hall–Kier alpha value is -1.30. The normalized spacial score (nSPS) is 27.6. The number of rotatable bonds is 10. The summed E-state index contributed by atoms with van der Waals surface area (Å²) in [6.45, 7) is 7.56. The minimum atomic E-state index is 0.393. The second-order valence-corrected chi connectivity index (χ2v) is 6.69. The third-order valence-corrected chi connectivity index (χ3v) is 4.57. The Morgan fingerprint density at radius 1 is 1.04 bits per heavy atom. The topological polar surface area (TPSA) is 50.1 Å². The molecule has 0 bridgehead atoms. The Bertz CT molecular complexity index is 538. The van der Waals surface area contributed by atoms with Gasteiger partial charge in [0.15, 0.2) is 0 Å². The van der Waals surface area contributed by atoms with Crippen LogP contribution in [0.2, 0.25) is 0 Å². The zero-order chi connectivity index (χ0) is 15.6. The van der Waals surface area contributed by atoms with E-state index in [0.29, 0.717) is 18.3 Å². The molecule has 3 unspecified atom stereocenters. The van der Waals surface area contributed by atoms with E-state index in [0.717, 1.165) is 58.1 Å². The van der Waals surface area contributed by atoms with E-state index in [1.807, 2.05) is 0 Å². The average molecular weight is 319 g/mol. The van der Waals surface area contributed by atoms with Crippen LogP contribution in [0.25, 0.3) is 0 Å². The Kier molecular flexibility index (Phi) is 4.42. The summed E-state index contributed by atoms with van der Waals surface area (Å²) in [4.78, 5) is 2.43. The Morgan fingerprint density at radius 3 is 2.39 bits per heavy atom. The molecule has 5 heteroatoms. The van der Waals surface area contributed by atoms with Crippen molar-refractivity contribution in [3.8, 4) is 5.75 Å². The molecule has 0 saturated carbocycles. The fraction of sp³-hybridized carbons (Fsp3) is 0.667. The highest BCUT2D eigenvalue weighted by molar-refractivity contribution is 5.56. The number of hydrogen-bond acceptors (Lipinski definition) is 5. The van der Waals surface area contributed by atoms with Crippen molar-refractivity contribution in [3.63, 3.8) is 0 Å². The molecule has 4 rings (SSSR count). The van der Waals surface area contributed by atoms with Crippen molar-refractivity contribution in [2.45, 2.75) is 38.1 Å². The van der Waals surface area contributed by atoms with Crippen molar-refractivity contribution in [2.75, 3.05) is 44.4 Å². The number of hydrogen-bond donors (Lipinski definition) is 0. The van der Waals surface area contributed by atoms with Gasteiger partial charge in [-0.3, -0.25) is 0 Å². The zero-order valence-corrected chi connectivity index (χ0v) is 13.7. The summed E-state index contributed by atoms with van der Waals surface area (Å²) in [5, 5.41) is 0. The van der Waals surface area contributed by atoms with Gasteiger partial charge in [0, 0.05) is 25.2 Å². The van der Waals surface area contributed by atoms with E-state index in [4.69, 9.17) is 18.9 Å². The summed E-state index contributed by atoms with van der Waals surface area (Å²) < 4.78 is 21.8. The van der Waals surface area contributed by atoms with Gasteiger partial charge in [0.25, 0.3) is 0 Å². The lowest BCUT2D eigenvalue weighted by atomic mass is 10.1. The van der Waals surface area contributed by atoms with Crippen LogP contribution >= 0.6 is 0 Å². The summed E-state index contributed by atoms with van der Waals surface area (Å²) in [6.07, 6.45) is 3.35. The number of nitrogens with zero attached hydrogens (tertiary/aromatic N) is 1. The minimum Gasteiger partial charge on any atom is -0.493 e. The van der Waals surface area contributed by atoms with Crippen LogP contribution in [0.3, 0.4) is 0 Å². The molecular formula is C18H25NO4. The molecule has 3 fully saturated rings. The van der Waals surface area contributed by atoms with Crippen LogP contribution in [0, 0.1) is 6.92 Å². The first-order valence-corrected chi connectivity index (χ1v) is 8.61. The molecule has 0 amide bonds. The smallest absolute Gasteiger partial charge is 0.119 e. The van der Waals surface area contributed by atoms with Gasteiger partial charge < -0.3 is 23.8 Å². The Morgan fingerprint density at radius 2 is 1.74 bits per heavy atom. The van der Waals surface area contributed by atoms with Crippen molar-refractivity contribution >= 4 is 5.69 Å². The van der Waals surface area contributed by atoms with E-state index in [2.05, 4.69) is 30.0 Å². The lowest BCUT2D eigenvalue weighted by Gasteiger charge is -2.26. The van der Waals surface area contributed by atoms with Gasteiger partial charge in [-0.15, -0.1) is 0 Å². The maximum absolute atomic E-state index is 5.83. The summed E-state index contributed by atoms with van der Waals surface area (Å²) in [6, 6.07) is 6.39. The zero-order valence-electron chi connectivity index (χ0n) is 13.7. The number of aryl methyl sites for hydroxylation is 1. The molecule has 5 nitrogen and oxygen atoms in total. The predicted molar refractivity (Wildman–Crippen MR) is 87.3 cm³/mol. The fourth-order valence-corrected chi connectivity index (χ4v) is 2.88. The van der Waals surface area contributed by atoms with Crippen LogP contribution in [0.5, 0.6) is 5.75 Å². The highest BCUT2D eigenvalue weighted by atomic mass is 16.6. The predicted octanol–water partition coefficient (Wildman–Crippen LogP) is 2.16. The van der Waals surface area contributed by atoms with Crippen LogP contribution in [-0.2, 0) is 14.2 Å². The minimum absolute atomic E-state index is 0.393. The van der Waals surface area contributed by atoms with Gasteiger partial charge >= 0.3 is 0 Å². The third kappa shape index (κ3) is 4.59. The van der Waals surface area contributed by atoms with Gasteiger partial charge in [0.2, 0.25) is 0 Å². The lowest BCUT2D eigenvalue weighted by molar-refractivity contribution is 0.283. The Labute approximate surface area is 137 Å². The van der Waals surface area contributed by atoms with E-state index >= 15 is 0 Å². The highest BCUT2D eigenvalue weighted by Crippen LogP contribution is 2.28. The van der Waals surface area contributed by atoms with Gasteiger partial charge in [-0.05, 0) is 37.1 Å². The lowest BCUT2D eigenvalue weighted by Crippen LogP contribution is -2.30. The average Bonchev–Trinajstić information content (AvgIpc) is 3.35. The van der Waals surface area contributed by atoms with E-state index < -0.39 is 0 Å². The molecule has 0 aromatic heterocycles. The number of ether oxygens (including phenoxy) is 4. The molecule has 3 saturated heterocycles. The van der Waals surface area contributed by atoms with Crippen molar-refractivity contribution < 1.29 is 18.9 Å². The molecule has 0 spiro atoms. The monoisotopic (exact) mass is 319 g/mol. The molecular weight excluding hydrogens is 294 g/mol. The molecule has 0 N–H and O–H groups in total. The summed E-state index contributed by atoms with van der Waals surface area (Å²) >= 11 is 0. The van der Waals surface area contributed by atoms with Crippen LogP contribution < -0.4 is 9.64 Å². The van der Waals surface area contributed by atoms with Crippen molar-refractivity contribution in [3.05, 3.63) is 23.8 Å². The molecule has 1 aromatic rings. The van der Waals surface area contributed by atoms with Gasteiger partial charge in [-0.1, -0.05) is 0 Å². The molecule has 23 heavy (non-hydrogen) atoms. The maximum Gasteiger partial charge on any atom is 0.119 e. The second-order valence-electron chi connectivity index (χ2n) is 6.69. The summed E-state index contributed by atoms with van der Waals surface area (Å²) in [7, 11) is 0. The molecule has 1 aromatic carbocycles. The molecule has 3 aliphatic rings. The number of anilines is 1. The van der Waals surface area contributed by atoms with E-state index in [9.17, 15) is 0 Å². The molecule has 126 valence electrons. The van der Waals surface area contributed by atoms with Gasteiger partial charge in [-0.25, -0.2) is 0 Å². The van der Waals surface area contributed by atoms with E-state index in [1.54, 1.807) is 0 Å². The molecule has 3 aliphatic heterocycles. The van der Waals surface area contributed by atoms with E-state index in [1.165, 1.54) is 11.3 Å². The third-order valence-electron chi connectivity index (χ3n) is 4.57. The largest absolute Gasteiger partial charge is 0.493 e. The maximum atomic E-state index is 5.83. The second kappa shape index (κ2) is 6.67. The Balaban J connectivity index is 1.37. The summed E-state index contributed by atoms with van der Waals surface area (Å²) in [5.74, 6) is 0.944. The van der Waals surface area contributed by atoms with Crippen LogP contribution in [0.15, 0.2) is 18.2 Å². The van der Waals surface area contributed by atoms with Crippen LogP contribution in [-0.4, -0.2) is 57.8 Å². The number of benzene rings is 1. The van der Waals surface area contributed by atoms with Crippen molar-refractivity contribution in [1.82, 2.24) is 0 Å². The van der Waals surface area contributed by atoms with Gasteiger partial charge in [0.1, 0.15) is 5.75 Å². The van der Waals surface area contributed by atoms with Crippen molar-refractivity contribution in [1.29, 1.82) is 0 Å².